The van der Waals surface area contributed by atoms with Crippen molar-refractivity contribution in [2.24, 2.45) is 0 Å². The monoisotopic (exact) mass is 479 g/mol. The van der Waals surface area contributed by atoms with Crippen molar-refractivity contribution < 1.29 is 9.53 Å². The van der Waals surface area contributed by atoms with Crippen LogP contribution in [0.25, 0.3) is 0 Å². The molecule has 1 amide bonds. The highest BCUT2D eigenvalue weighted by Gasteiger charge is 2.34. The van der Waals surface area contributed by atoms with Crippen LogP contribution in [0, 0.1) is 0 Å². The first kappa shape index (κ1) is 19.6. The van der Waals surface area contributed by atoms with Gasteiger partial charge in [-0.2, -0.15) is 0 Å². The van der Waals surface area contributed by atoms with Gasteiger partial charge in [-0.1, -0.05) is 62.2 Å². The van der Waals surface area contributed by atoms with Gasteiger partial charge < -0.3 is 10.1 Å². The molecular formula is C21H23Br2NO2. The fourth-order valence-electron chi connectivity index (χ4n) is 3.45. The van der Waals surface area contributed by atoms with E-state index in [1.54, 1.807) is 0 Å². The van der Waals surface area contributed by atoms with Gasteiger partial charge in [0, 0.05) is 40.5 Å². The van der Waals surface area contributed by atoms with Crippen LogP contribution in [-0.4, -0.2) is 25.7 Å². The number of hydrogen-bond acceptors (Lipinski definition) is 2. The molecule has 1 heterocycles. The van der Waals surface area contributed by atoms with Crippen molar-refractivity contribution in [1.29, 1.82) is 0 Å². The van der Waals surface area contributed by atoms with Crippen molar-refractivity contribution in [3.8, 4) is 0 Å². The summed E-state index contributed by atoms with van der Waals surface area (Å²) < 4.78 is 7.70. The van der Waals surface area contributed by atoms with Crippen molar-refractivity contribution in [2.45, 2.75) is 31.1 Å². The third kappa shape index (κ3) is 4.96. The van der Waals surface area contributed by atoms with E-state index in [0.717, 1.165) is 47.0 Å². The van der Waals surface area contributed by atoms with E-state index in [4.69, 9.17) is 4.74 Å². The van der Waals surface area contributed by atoms with Crippen LogP contribution in [0.3, 0.4) is 0 Å². The Bertz CT molecular complexity index is 757. The summed E-state index contributed by atoms with van der Waals surface area (Å²) in [5.41, 5.74) is 2.38. The highest BCUT2D eigenvalue weighted by atomic mass is 79.9. The Morgan fingerprint density at radius 1 is 1.08 bits per heavy atom. The molecule has 3 nitrogen and oxygen atoms in total. The maximum atomic E-state index is 12.4. The molecule has 5 heteroatoms. The predicted octanol–water partition coefficient (Wildman–Crippen LogP) is 5.01. The van der Waals surface area contributed by atoms with Gasteiger partial charge >= 0.3 is 0 Å². The van der Waals surface area contributed by atoms with Crippen LogP contribution in [0.1, 0.15) is 30.4 Å². The number of carbonyl (C=O) groups excluding carboxylic acids is 1. The van der Waals surface area contributed by atoms with Gasteiger partial charge in [-0.25, -0.2) is 0 Å². The lowest BCUT2D eigenvalue weighted by atomic mass is 9.74. The molecule has 2 aromatic rings. The van der Waals surface area contributed by atoms with E-state index in [9.17, 15) is 4.79 Å². The molecule has 0 saturated carbocycles. The largest absolute Gasteiger partial charge is 0.381 e. The zero-order chi connectivity index (χ0) is 18.4. The molecule has 2 aromatic carbocycles. The second-order valence-corrected chi connectivity index (χ2v) is 8.54. The fourth-order valence-corrected chi connectivity index (χ4v) is 4.34. The summed E-state index contributed by atoms with van der Waals surface area (Å²) in [5, 5.41) is 3.18. The number of benzene rings is 2. The Morgan fingerprint density at radius 2 is 1.85 bits per heavy atom. The van der Waals surface area contributed by atoms with Gasteiger partial charge in [-0.15, -0.1) is 0 Å². The van der Waals surface area contributed by atoms with Crippen molar-refractivity contribution in [3.63, 3.8) is 0 Å². The Hall–Kier alpha value is -1.17. The van der Waals surface area contributed by atoms with Crippen molar-refractivity contribution in [3.05, 3.63) is 68.6 Å². The van der Waals surface area contributed by atoms with Crippen molar-refractivity contribution in [1.82, 2.24) is 5.32 Å². The van der Waals surface area contributed by atoms with Crippen LogP contribution in [0.2, 0.25) is 0 Å². The molecule has 1 N–H and O–H groups in total. The van der Waals surface area contributed by atoms with Gasteiger partial charge in [-0.05, 0) is 48.6 Å². The SMILES string of the molecule is O=C(CCc1ccccc1Br)NCC1(c2cccc(Br)c2)CCOCC1. The quantitative estimate of drug-likeness (QED) is 0.631. The first-order chi connectivity index (χ1) is 12.6. The van der Waals surface area contributed by atoms with E-state index in [2.05, 4.69) is 61.4 Å². The molecule has 1 fully saturated rings. The molecule has 0 unspecified atom stereocenters. The summed E-state index contributed by atoms with van der Waals surface area (Å²) in [5.74, 6) is 0.0987. The topological polar surface area (TPSA) is 38.3 Å². The van der Waals surface area contributed by atoms with Gasteiger partial charge in [0.15, 0.2) is 0 Å². The van der Waals surface area contributed by atoms with E-state index in [1.165, 1.54) is 5.56 Å². The van der Waals surface area contributed by atoms with Crippen LogP contribution in [0.4, 0.5) is 0 Å². The van der Waals surface area contributed by atoms with E-state index >= 15 is 0 Å². The predicted molar refractivity (Wildman–Crippen MR) is 111 cm³/mol. The Balaban J connectivity index is 1.63. The van der Waals surface area contributed by atoms with Gasteiger partial charge in [0.2, 0.25) is 5.91 Å². The summed E-state index contributed by atoms with van der Waals surface area (Å²) >= 11 is 7.11. The molecule has 0 aliphatic carbocycles. The Labute approximate surface area is 171 Å². The van der Waals surface area contributed by atoms with Crippen LogP contribution in [-0.2, 0) is 21.4 Å². The number of hydrogen-bond donors (Lipinski definition) is 1. The molecule has 0 atom stereocenters. The zero-order valence-electron chi connectivity index (χ0n) is 14.6. The van der Waals surface area contributed by atoms with E-state index in [0.29, 0.717) is 13.0 Å². The standard InChI is InChI=1S/C21H23Br2NO2/c22-18-6-3-5-17(14-18)21(10-12-26-13-11-21)15-24-20(25)9-8-16-4-1-2-7-19(16)23/h1-7,14H,8-13,15H2,(H,24,25). The maximum absolute atomic E-state index is 12.4. The van der Waals surface area contributed by atoms with Gasteiger partial charge in [0.25, 0.3) is 0 Å². The van der Waals surface area contributed by atoms with E-state index in [1.807, 2.05) is 24.3 Å². The van der Waals surface area contributed by atoms with Crippen LogP contribution >= 0.6 is 31.9 Å². The lowest BCUT2D eigenvalue weighted by molar-refractivity contribution is -0.121. The maximum Gasteiger partial charge on any atom is 0.220 e. The molecule has 0 aromatic heterocycles. The first-order valence-corrected chi connectivity index (χ1v) is 10.5. The number of amides is 1. The fraction of sp³-hybridized carbons (Fsp3) is 0.381. The number of halogens is 2. The lowest BCUT2D eigenvalue weighted by Gasteiger charge is -2.38. The summed E-state index contributed by atoms with van der Waals surface area (Å²) in [6.07, 6.45) is 3.08. The second kappa shape index (κ2) is 9.16. The minimum absolute atomic E-state index is 0.0506. The molecule has 0 bridgehead atoms. The highest BCUT2D eigenvalue weighted by Crippen LogP contribution is 2.35. The average molecular weight is 481 g/mol. The van der Waals surface area contributed by atoms with Gasteiger partial charge in [0.05, 0.1) is 0 Å². The molecule has 26 heavy (non-hydrogen) atoms. The molecule has 3 rings (SSSR count). The molecule has 138 valence electrons. The summed E-state index contributed by atoms with van der Waals surface area (Å²) in [6.45, 7) is 2.13. The number of carbonyl (C=O) groups is 1. The lowest BCUT2D eigenvalue weighted by Crippen LogP contribution is -2.44. The smallest absolute Gasteiger partial charge is 0.220 e. The molecule has 1 saturated heterocycles. The van der Waals surface area contributed by atoms with Crippen molar-refractivity contribution in [2.75, 3.05) is 19.8 Å². The van der Waals surface area contributed by atoms with Crippen LogP contribution in [0.15, 0.2) is 57.5 Å². The van der Waals surface area contributed by atoms with Crippen LogP contribution < -0.4 is 5.32 Å². The molecule has 1 aliphatic heterocycles. The molecule has 0 radical (unpaired) electrons. The van der Waals surface area contributed by atoms with Gasteiger partial charge in [0.1, 0.15) is 0 Å². The number of ether oxygens (including phenoxy) is 1. The molecule has 0 spiro atoms. The van der Waals surface area contributed by atoms with Gasteiger partial charge in [-0.3, -0.25) is 4.79 Å². The second-order valence-electron chi connectivity index (χ2n) is 6.77. The zero-order valence-corrected chi connectivity index (χ0v) is 17.8. The number of aryl methyl sites for hydroxylation is 1. The highest BCUT2D eigenvalue weighted by molar-refractivity contribution is 9.10. The Kier molecular flexibility index (Phi) is 6.90. The molecule has 1 aliphatic rings. The summed E-state index contributed by atoms with van der Waals surface area (Å²) in [4.78, 5) is 12.4. The summed E-state index contributed by atoms with van der Waals surface area (Å²) in [6, 6.07) is 16.5. The third-order valence-corrected chi connectivity index (χ3v) is 6.36. The first-order valence-electron chi connectivity index (χ1n) is 8.93. The van der Waals surface area contributed by atoms with Crippen molar-refractivity contribution >= 4 is 37.8 Å². The average Bonchev–Trinajstić information content (AvgIpc) is 2.66. The minimum Gasteiger partial charge on any atom is -0.381 e. The minimum atomic E-state index is -0.0506. The van der Waals surface area contributed by atoms with Crippen LogP contribution in [0.5, 0.6) is 0 Å². The molecular weight excluding hydrogens is 458 g/mol. The summed E-state index contributed by atoms with van der Waals surface area (Å²) in [7, 11) is 0. The number of nitrogens with one attached hydrogen (secondary N) is 1. The Morgan fingerprint density at radius 3 is 2.58 bits per heavy atom. The van der Waals surface area contributed by atoms with E-state index < -0.39 is 0 Å². The number of rotatable bonds is 6. The third-order valence-electron chi connectivity index (χ3n) is 5.09. The normalized spacial score (nSPS) is 16.2. The van der Waals surface area contributed by atoms with E-state index in [-0.39, 0.29) is 11.3 Å².